The van der Waals surface area contributed by atoms with Crippen molar-refractivity contribution in [3.8, 4) is 0 Å². The molecule has 0 saturated heterocycles. The third kappa shape index (κ3) is 2.88. The third-order valence-electron chi connectivity index (χ3n) is 5.72. The van der Waals surface area contributed by atoms with Crippen molar-refractivity contribution in [1.29, 1.82) is 0 Å². The summed E-state index contributed by atoms with van der Waals surface area (Å²) < 4.78 is 5.98. The van der Waals surface area contributed by atoms with Crippen LogP contribution in [-0.4, -0.2) is 17.6 Å². The largest absolute Gasteiger partial charge is 0.458 e. The number of esters is 1. The SMILES string of the molecule is CCCCCC(N)C(=O)OC12CC3CC(CC(C3)C1)C2. The molecule has 4 rings (SSSR count). The molecule has 1 atom stereocenters. The second-order valence-electron chi connectivity index (χ2n) is 7.62. The summed E-state index contributed by atoms with van der Waals surface area (Å²) in [5.41, 5.74) is 5.88. The zero-order chi connectivity index (χ0) is 14.2. The Labute approximate surface area is 122 Å². The zero-order valence-corrected chi connectivity index (χ0v) is 12.8. The summed E-state index contributed by atoms with van der Waals surface area (Å²) in [6.07, 6.45) is 11.6. The fourth-order valence-electron chi connectivity index (χ4n) is 5.18. The fraction of sp³-hybridized carbons (Fsp3) is 0.941. The fourth-order valence-corrected chi connectivity index (χ4v) is 5.18. The van der Waals surface area contributed by atoms with Crippen LogP contribution in [0.4, 0.5) is 0 Å². The second kappa shape index (κ2) is 5.67. The summed E-state index contributed by atoms with van der Waals surface area (Å²) in [5.74, 6) is 2.30. The van der Waals surface area contributed by atoms with E-state index in [1.807, 2.05) is 0 Å². The number of rotatable bonds is 6. The van der Waals surface area contributed by atoms with Crippen molar-refractivity contribution < 1.29 is 9.53 Å². The first-order valence-electron chi connectivity index (χ1n) is 8.58. The highest BCUT2D eigenvalue weighted by atomic mass is 16.6. The molecule has 0 aliphatic heterocycles. The molecule has 3 heteroatoms. The zero-order valence-electron chi connectivity index (χ0n) is 12.8. The highest BCUT2D eigenvalue weighted by molar-refractivity contribution is 5.76. The van der Waals surface area contributed by atoms with E-state index < -0.39 is 6.04 Å². The number of carbonyl (C=O) groups excluding carboxylic acids is 1. The lowest BCUT2D eigenvalue weighted by molar-refractivity contribution is -0.188. The molecule has 4 aliphatic rings. The van der Waals surface area contributed by atoms with Gasteiger partial charge in [-0.2, -0.15) is 0 Å². The lowest BCUT2D eigenvalue weighted by Crippen LogP contribution is -2.54. The highest BCUT2D eigenvalue weighted by Crippen LogP contribution is 2.57. The molecule has 0 radical (unpaired) electrons. The average Bonchev–Trinajstić information content (AvgIpc) is 2.36. The van der Waals surface area contributed by atoms with Gasteiger partial charge in [-0.15, -0.1) is 0 Å². The van der Waals surface area contributed by atoms with Gasteiger partial charge in [-0.25, -0.2) is 0 Å². The van der Waals surface area contributed by atoms with Crippen molar-refractivity contribution in [2.45, 2.75) is 82.8 Å². The molecule has 114 valence electrons. The van der Waals surface area contributed by atoms with E-state index in [0.29, 0.717) is 0 Å². The second-order valence-corrected chi connectivity index (χ2v) is 7.62. The van der Waals surface area contributed by atoms with Crippen molar-refractivity contribution in [2.75, 3.05) is 0 Å². The maximum absolute atomic E-state index is 12.3. The maximum Gasteiger partial charge on any atom is 0.323 e. The van der Waals surface area contributed by atoms with Crippen LogP contribution >= 0.6 is 0 Å². The van der Waals surface area contributed by atoms with Crippen LogP contribution in [0.1, 0.15) is 71.1 Å². The minimum absolute atomic E-state index is 0.131. The summed E-state index contributed by atoms with van der Waals surface area (Å²) in [6.45, 7) is 2.17. The Balaban J connectivity index is 1.55. The van der Waals surface area contributed by atoms with Gasteiger partial charge in [0.15, 0.2) is 0 Å². The molecule has 4 bridgehead atoms. The topological polar surface area (TPSA) is 52.3 Å². The van der Waals surface area contributed by atoms with Crippen LogP contribution in [0.15, 0.2) is 0 Å². The normalized spacial score (nSPS) is 39.8. The number of unbranched alkanes of at least 4 members (excludes halogenated alkanes) is 2. The first kappa shape index (κ1) is 14.4. The molecule has 4 saturated carbocycles. The van der Waals surface area contributed by atoms with E-state index in [1.165, 1.54) is 19.3 Å². The monoisotopic (exact) mass is 279 g/mol. The van der Waals surface area contributed by atoms with Crippen molar-refractivity contribution >= 4 is 5.97 Å². The Hall–Kier alpha value is -0.570. The van der Waals surface area contributed by atoms with E-state index in [0.717, 1.165) is 62.7 Å². The third-order valence-corrected chi connectivity index (χ3v) is 5.72. The van der Waals surface area contributed by atoms with E-state index in [2.05, 4.69) is 6.92 Å². The molecule has 0 aromatic heterocycles. The smallest absolute Gasteiger partial charge is 0.323 e. The predicted molar refractivity (Wildman–Crippen MR) is 79.1 cm³/mol. The molecule has 4 aliphatic carbocycles. The lowest BCUT2D eigenvalue weighted by Gasteiger charge is -2.55. The highest BCUT2D eigenvalue weighted by Gasteiger charge is 2.53. The van der Waals surface area contributed by atoms with Gasteiger partial charge >= 0.3 is 5.97 Å². The van der Waals surface area contributed by atoms with Gasteiger partial charge < -0.3 is 10.5 Å². The van der Waals surface area contributed by atoms with Crippen LogP contribution < -0.4 is 5.73 Å². The number of nitrogens with two attached hydrogens (primary N) is 1. The first-order chi connectivity index (χ1) is 9.60. The van der Waals surface area contributed by atoms with Crippen LogP contribution in [0.5, 0.6) is 0 Å². The van der Waals surface area contributed by atoms with Gasteiger partial charge in [-0.1, -0.05) is 26.2 Å². The van der Waals surface area contributed by atoms with Crippen LogP contribution in [0, 0.1) is 17.8 Å². The molecule has 0 spiro atoms. The average molecular weight is 279 g/mol. The van der Waals surface area contributed by atoms with Gasteiger partial charge in [0.2, 0.25) is 0 Å². The van der Waals surface area contributed by atoms with Gasteiger partial charge in [-0.05, 0) is 62.7 Å². The summed E-state index contributed by atoms with van der Waals surface area (Å²) in [4.78, 5) is 12.3. The van der Waals surface area contributed by atoms with Crippen molar-refractivity contribution in [3.05, 3.63) is 0 Å². The Morgan fingerprint density at radius 1 is 1.15 bits per heavy atom. The van der Waals surface area contributed by atoms with Crippen LogP contribution in [0.3, 0.4) is 0 Å². The van der Waals surface area contributed by atoms with E-state index in [4.69, 9.17) is 10.5 Å². The molecule has 20 heavy (non-hydrogen) atoms. The van der Waals surface area contributed by atoms with Gasteiger partial charge in [0.1, 0.15) is 11.6 Å². The molecule has 0 amide bonds. The van der Waals surface area contributed by atoms with Gasteiger partial charge in [-0.3, -0.25) is 4.79 Å². The summed E-state index contributed by atoms with van der Waals surface area (Å²) in [7, 11) is 0. The van der Waals surface area contributed by atoms with E-state index in [9.17, 15) is 4.79 Å². The summed E-state index contributed by atoms with van der Waals surface area (Å²) in [6, 6.07) is -0.408. The van der Waals surface area contributed by atoms with Gasteiger partial charge in [0.25, 0.3) is 0 Å². The molecule has 4 fully saturated rings. The Bertz CT molecular complexity index is 331. The quantitative estimate of drug-likeness (QED) is 0.599. The molecule has 0 aromatic carbocycles. The number of carbonyl (C=O) groups is 1. The first-order valence-corrected chi connectivity index (χ1v) is 8.58. The van der Waals surface area contributed by atoms with E-state index in [1.54, 1.807) is 0 Å². The standard InChI is InChI=1S/C17H29NO2/c1-2-3-4-5-15(18)16(19)20-17-9-12-6-13(10-17)8-14(7-12)11-17/h12-15H,2-11,18H2,1H3. The number of ether oxygens (including phenoxy) is 1. The predicted octanol–water partition coefficient (Wildman–Crippen LogP) is 3.41. The van der Waals surface area contributed by atoms with Crippen LogP contribution in [-0.2, 0) is 9.53 Å². The van der Waals surface area contributed by atoms with Crippen molar-refractivity contribution in [3.63, 3.8) is 0 Å². The van der Waals surface area contributed by atoms with Gasteiger partial charge in [0, 0.05) is 0 Å². The minimum Gasteiger partial charge on any atom is -0.458 e. The van der Waals surface area contributed by atoms with Gasteiger partial charge in [0.05, 0.1) is 0 Å². The molecule has 0 heterocycles. The molecule has 3 nitrogen and oxygen atoms in total. The van der Waals surface area contributed by atoms with E-state index >= 15 is 0 Å². The van der Waals surface area contributed by atoms with Crippen molar-refractivity contribution in [1.82, 2.24) is 0 Å². The minimum atomic E-state index is -0.408. The Morgan fingerprint density at radius 2 is 1.70 bits per heavy atom. The van der Waals surface area contributed by atoms with Crippen molar-refractivity contribution in [2.24, 2.45) is 23.5 Å². The summed E-state index contributed by atoms with van der Waals surface area (Å²) >= 11 is 0. The molecule has 2 N–H and O–H groups in total. The Morgan fingerprint density at radius 3 is 2.20 bits per heavy atom. The summed E-state index contributed by atoms with van der Waals surface area (Å²) in [5, 5.41) is 0. The molecular formula is C17H29NO2. The van der Waals surface area contributed by atoms with E-state index in [-0.39, 0.29) is 11.6 Å². The molecule has 1 unspecified atom stereocenters. The Kier molecular flexibility index (Phi) is 4.07. The lowest BCUT2D eigenvalue weighted by atomic mass is 9.54. The molecular weight excluding hydrogens is 250 g/mol. The maximum atomic E-state index is 12.3. The molecule has 0 aromatic rings. The number of hydrogen-bond acceptors (Lipinski definition) is 3. The number of hydrogen-bond donors (Lipinski definition) is 1. The van der Waals surface area contributed by atoms with Crippen LogP contribution in [0.25, 0.3) is 0 Å². The van der Waals surface area contributed by atoms with Crippen LogP contribution in [0.2, 0.25) is 0 Å².